The van der Waals surface area contributed by atoms with Gasteiger partial charge in [-0.1, -0.05) is 65.9 Å². The fraction of sp³-hybridized carbons (Fsp3) is 0.250. The Kier molecular flexibility index (Phi) is 5.81. The van der Waals surface area contributed by atoms with Crippen LogP contribution in [0.25, 0.3) is 11.3 Å². The van der Waals surface area contributed by atoms with Gasteiger partial charge in [-0.15, -0.1) is 0 Å². The molecule has 0 fully saturated rings. The maximum atomic E-state index is 6.36. The number of halogens is 3. The first-order chi connectivity index (χ1) is 12.4. The maximum Gasteiger partial charge on any atom is 0.146 e. The van der Waals surface area contributed by atoms with Crippen LogP contribution in [0.1, 0.15) is 36.7 Å². The van der Waals surface area contributed by atoms with Gasteiger partial charge < -0.3 is 9.26 Å². The van der Waals surface area contributed by atoms with E-state index in [0.29, 0.717) is 32.1 Å². The monoisotopic (exact) mass is 409 g/mol. The molecule has 0 N–H and O–H groups in total. The number of hydrogen-bond donors (Lipinski definition) is 0. The Balaban J connectivity index is 1.99. The van der Waals surface area contributed by atoms with Gasteiger partial charge in [0.05, 0.1) is 15.6 Å². The second-order valence-electron chi connectivity index (χ2n) is 6.33. The summed E-state index contributed by atoms with van der Waals surface area (Å²) in [6.07, 6.45) is 0. The number of benzene rings is 2. The minimum atomic E-state index is 0.137. The fourth-order valence-electron chi connectivity index (χ4n) is 2.65. The number of aromatic nitrogens is 1. The minimum absolute atomic E-state index is 0.137. The highest BCUT2D eigenvalue weighted by molar-refractivity contribution is 6.39. The Morgan fingerprint density at radius 2 is 1.73 bits per heavy atom. The summed E-state index contributed by atoms with van der Waals surface area (Å²) in [6, 6.07) is 10.9. The van der Waals surface area contributed by atoms with Crippen LogP contribution in [0.2, 0.25) is 15.1 Å². The molecular weight excluding hydrogens is 393 g/mol. The zero-order valence-electron chi connectivity index (χ0n) is 14.6. The molecule has 0 aliphatic heterocycles. The lowest BCUT2D eigenvalue weighted by atomic mass is 10.0. The van der Waals surface area contributed by atoms with E-state index in [9.17, 15) is 0 Å². The third-order valence-electron chi connectivity index (χ3n) is 4.07. The van der Waals surface area contributed by atoms with Crippen molar-refractivity contribution >= 4 is 34.8 Å². The van der Waals surface area contributed by atoms with E-state index in [0.717, 1.165) is 16.9 Å². The van der Waals surface area contributed by atoms with Crippen molar-refractivity contribution in [2.75, 3.05) is 0 Å². The molecule has 3 rings (SSSR count). The predicted molar refractivity (Wildman–Crippen MR) is 107 cm³/mol. The molecule has 136 valence electrons. The Hall–Kier alpha value is -1.68. The lowest BCUT2D eigenvalue weighted by molar-refractivity contribution is 0.298. The fourth-order valence-corrected chi connectivity index (χ4v) is 3.40. The highest BCUT2D eigenvalue weighted by atomic mass is 35.5. The highest BCUT2D eigenvalue weighted by Gasteiger charge is 2.23. The van der Waals surface area contributed by atoms with Crippen LogP contribution in [-0.4, -0.2) is 5.16 Å². The van der Waals surface area contributed by atoms with Gasteiger partial charge in [0.1, 0.15) is 23.8 Å². The Morgan fingerprint density at radius 1 is 1.04 bits per heavy atom. The summed E-state index contributed by atoms with van der Waals surface area (Å²) < 4.78 is 11.5. The quantitative estimate of drug-likeness (QED) is 0.442. The summed E-state index contributed by atoms with van der Waals surface area (Å²) in [6.45, 7) is 6.28. The van der Waals surface area contributed by atoms with Crippen LogP contribution in [0.3, 0.4) is 0 Å². The van der Waals surface area contributed by atoms with Crippen molar-refractivity contribution in [1.29, 1.82) is 0 Å². The third kappa shape index (κ3) is 3.85. The van der Waals surface area contributed by atoms with Crippen molar-refractivity contribution in [2.24, 2.45) is 0 Å². The number of rotatable bonds is 5. The lowest BCUT2D eigenvalue weighted by Crippen LogP contribution is -2.01. The van der Waals surface area contributed by atoms with Gasteiger partial charge in [-0.25, -0.2) is 0 Å². The molecule has 2 aromatic carbocycles. The topological polar surface area (TPSA) is 35.3 Å². The zero-order valence-corrected chi connectivity index (χ0v) is 16.9. The molecule has 0 amide bonds. The van der Waals surface area contributed by atoms with Gasteiger partial charge in [0.25, 0.3) is 0 Å². The second kappa shape index (κ2) is 7.91. The Labute approximate surface area is 167 Å². The van der Waals surface area contributed by atoms with E-state index in [1.807, 2.05) is 32.9 Å². The molecule has 0 spiro atoms. The standard InChI is InChI=1S/C20H18Cl3NO2/c1-11(2)20-14(10-25-13-8-7-12(3)17(23)9-13)19(24-26-20)18-15(21)5-4-6-16(18)22/h4-9,11H,10H2,1-3H3. The maximum absolute atomic E-state index is 6.36. The summed E-state index contributed by atoms with van der Waals surface area (Å²) in [7, 11) is 0. The molecule has 0 aliphatic carbocycles. The van der Waals surface area contributed by atoms with Gasteiger partial charge in [-0.05, 0) is 36.8 Å². The summed E-state index contributed by atoms with van der Waals surface area (Å²) >= 11 is 18.9. The first kappa shape index (κ1) is 19.1. The molecule has 3 aromatic rings. The van der Waals surface area contributed by atoms with E-state index in [1.165, 1.54) is 0 Å². The van der Waals surface area contributed by atoms with Crippen LogP contribution >= 0.6 is 34.8 Å². The van der Waals surface area contributed by atoms with E-state index in [1.54, 1.807) is 24.3 Å². The molecule has 6 heteroatoms. The molecule has 0 aliphatic rings. The van der Waals surface area contributed by atoms with Crippen molar-refractivity contribution < 1.29 is 9.26 Å². The Bertz CT molecular complexity index is 915. The molecular formula is C20H18Cl3NO2. The summed E-state index contributed by atoms with van der Waals surface area (Å²) in [4.78, 5) is 0. The van der Waals surface area contributed by atoms with Gasteiger partial charge in [-0.2, -0.15) is 0 Å². The molecule has 0 atom stereocenters. The van der Waals surface area contributed by atoms with Crippen LogP contribution in [0.15, 0.2) is 40.9 Å². The zero-order chi connectivity index (χ0) is 18.8. The molecule has 3 nitrogen and oxygen atoms in total. The molecule has 0 saturated heterocycles. The van der Waals surface area contributed by atoms with E-state index < -0.39 is 0 Å². The number of hydrogen-bond acceptors (Lipinski definition) is 3. The smallest absolute Gasteiger partial charge is 0.146 e. The van der Waals surface area contributed by atoms with Crippen LogP contribution in [0, 0.1) is 6.92 Å². The van der Waals surface area contributed by atoms with Crippen LogP contribution in [-0.2, 0) is 6.61 Å². The average molecular weight is 411 g/mol. The van der Waals surface area contributed by atoms with E-state index in [4.69, 9.17) is 44.1 Å². The second-order valence-corrected chi connectivity index (χ2v) is 7.55. The molecule has 0 saturated carbocycles. The molecule has 1 aromatic heterocycles. The minimum Gasteiger partial charge on any atom is -0.489 e. The van der Waals surface area contributed by atoms with Gasteiger partial charge in [0.15, 0.2) is 0 Å². The highest BCUT2D eigenvalue weighted by Crippen LogP contribution is 2.38. The normalized spacial score (nSPS) is 11.2. The lowest BCUT2D eigenvalue weighted by Gasteiger charge is -2.11. The van der Waals surface area contributed by atoms with E-state index in [2.05, 4.69) is 5.16 Å². The summed E-state index contributed by atoms with van der Waals surface area (Å²) in [5, 5.41) is 5.91. The first-order valence-corrected chi connectivity index (χ1v) is 9.33. The third-order valence-corrected chi connectivity index (χ3v) is 5.11. The van der Waals surface area contributed by atoms with Crippen LogP contribution in [0.5, 0.6) is 5.75 Å². The SMILES string of the molecule is Cc1ccc(OCc2c(-c3c(Cl)cccc3Cl)noc2C(C)C)cc1Cl. The average Bonchev–Trinajstić information content (AvgIpc) is 3.00. The van der Waals surface area contributed by atoms with Crippen molar-refractivity contribution in [3.63, 3.8) is 0 Å². The van der Waals surface area contributed by atoms with E-state index >= 15 is 0 Å². The summed E-state index contributed by atoms with van der Waals surface area (Å²) in [5.41, 5.74) is 3.07. The molecule has 0 bridgehead atoms. The molecule has 0 radical (unpaired) electrons. The molecule has 26 heavy (non-hydrogen) atoms. The van der Waals surface area contributed by atoms with Crippen LogP contribution in [0.4, 0.5) is 0 Å². The number of aryl methyl sites for hydroxylation is 1. The first-order valence-electron chi connectivity index (χ1n) is 8.20. The number of nitrogens with zero attached hydrogens (tertiary/aromatic N) is 1. The van der Waals surface area contributed by atoms with Crippen molar-refractivity contribution in [3.05, 3.63) is 68.4 Å². The van der Waals surface area contributed by atoms with Gasteiger partial charge >= 0.3 is 0 Å². The van der Waals surface area contributed by atoms with Gasteiger partial charge in [0.2, 0.25) is 0 Å². The van der Waals surface area contributed by atoms with Gasteiger partial charge in [0, 0.05) is 16.5 Å². The summed E-state index contributed by atoms with van der Waals surface area (Å²) in [5.74, 6) is 1.56. The largest absolute Gasteiger partial charge is 0.489 e. The Morgan fingerprint density at radius 3 is 2.35 bits per heavy atom. The van der Waals surface area contributed by atoms with Crippen molar-refractivity contribution in [2.45, 2.75) is 33.3 Å². The van der Waals surface area contributed by atoms with Crippen molar-refractivity contribution in [1.82, 2.24) is 5.16 Å². The van der Waals surface area contributed by atoms with Crippen LogP contribution < -0.4 is 4.74 Å². The van der Waals surface area contributed by atoms with Gasteiger partial charge in [-0.3, -0.25) is 0 Å². The van der Waals surface area contributed by atoms with E-state index in [-0.39, 0.29) is 12.5 Å². The number of ether oxygens (including phenoxy) is 1. The molecule has 1 heterocycles. The predicted octanol–water partition coefficient (Wildman–Crippen LogP) is 7.31. The van der Waals surface area contributed by atoms with Crippen molar-refractivity contribution in [3.8, 4) is 17.0 Å². The molecule has 0 unspecified atom stereocenters.